The molecule has 0 aliphatic heterocycles. The molecule has 0 heterocycles. The molecule has 2 aliphatic carbocycles. The second kappa shape index (κ2) is 6.05. The maximum atomic E-state index is 11.2. The van der Waals surface area contributed by atoms with Crippen molar-refractivity contribution in [3.8, 4) is 0 Å². The molecule has 0 aromatic rings. The van der Waals surface area contributed by atoms with Gasteiger partial charge in [0, 0.05) is 11.5 Å². The average Bonchev–Trinajstić information content (AvgIpc) is 3.05. The van der Waals surface area contributed by atoms with E-state index in [2.05, 4.69) is 37.8 Å². The van der Waals surface area contributed by atoms with Crippen molar-refractivity contribution < 1.29 is 9.53 Å². The number of hydrogen-bond acceptors (Lipinski definition) is 2. The Morgan fingerprint density at radius 2 is 2.16 bits per heavy atom. The van der Waals surface area contributed by atoms with Gasteiger partial charge in [0.25, 0.3) is 0 Å². The van der Waals surface area contributed by atoms with Crippen LogP contribution in [-0.2, 0) is 9.53 Å². The Hall–Kier alpha value is -1.57. The highest BCUT2D eigenvalue weighted by Gasteiger charge is 2.37. The Bertz CT molecular complexity index is 466. The van der Waals surface area contributed by atoms with Crippen molar-refractivity contribution in [1.82, 2.24) is 0 Å². The number of hydrogen-bond donors (Lipinski definition) is 0. The second-order valence-electron chi connectivity index (χ2n) is 5.46. The lowest BCUT2D eigenvalue weighted by atomic mass is 10.1. The summed E-state index contributed by atoms with van der Waals surface area (Å²) in [5.41, 5.74) is 3.40. The van der Waals surface area contributed by atoms with E-state index in [-0.39, 0.29) is 5.97 Å². The molecule has 102 valence electrons. The zero-order valence-corrected chi connectivity index (χ0v) is 11.8. The van der Waals surface area contributed by atoms with Crippen LogP contribution in [0.25, 0.3) is 0 Å². The minimum Gasteiger partial charge on any atom is -0.462 e. The minimum absolute atomic E-state index is 0.285. The molecule has 1 fully saturated rings. The smallest absolute Gasteiger partial charge is 0.333 e. The van der Waals surface area contributed by atoms with Crippen molar-refractivity contribution in [2.45, 2.75) is 33.1 Å². The van der Waals surface area contributed by atoms with Crippen molar-refractivity contribution in [2.24, 2.45) is 11.8 Å². The summed E-state index contributed by atoms with van der Waals surface area (Å²) < 4.78 is 5.07. The number of ether oxygens (including phenoxy) is 1. The second-order valence-corrected chi connectivity index (χ2v) is 5.46. The van der Waals surface area contributed by atoms with Crippen molar-refractivity contribution in [3.05, 3.63) is 47.6 Å². The number of unbranched alkanes of at least 4 members (excludes halogenated alkanes) is 1. The predicted octanol–water partition coefficient (Wildman–Crippen LogP) is 3.96. The van der Waals surface area contributed by atoms with Crippen molar-refractivity contribution in [2.75, 3.05) is 6.61 Å². The van der Waals surface area contributed by atoms with Gasteiger partial charge in [-0.15, -0.1) is 0 Å². The highest BCUT2D eigenvalue weighted by atomic mass is 16.5. The maximum absolute atomic E-state index is 11.2. The minimum atomic E-state index is -0.285. The lowest BCUT2D eigenvalue weighted by Gasteiger charge is -2.04. The molecular weight excluding hydrogens is 236 g/mol. The van der Waals surface area contributed by atoms with E-state index in [1.165, 1.54) is 5.57 Å². The molecule has 2 unspecified atom stereocenters. The van der Waals surface area contributed by atoms with E-state index in [1.54, 1.807) is 12.5 Å². The quantitative estimate of drug-likeness (QED) is 0.409. The summed E-state index contributed by atoms with van der Waals surface area (Å²) in [6.07, 6.45) is 12.1. The lowest BCUT2D eigenvalue weighted by Crippen LogP contribution is -2.06. The summed E-state index contributed by atoms with van der Waals surface area (Å²) in [4.78, 5) is 11.2. The Morgan fingerprint density at radius 1 is 1.37 bits per heavy atom. The molecule has 0 aromatic carbocycles. The van der Waals surface area contributed by atoms with Crippen LogP contribution < -0.4 is 0 Å². The first-order valence-electron chi connectivity index (χ1n) is 7.01. The van der Waals surface area contributed by atoms with Gasteiger partial charge in [-0.25, -0.2) is 4.79 Å². The van der Waals surface area contributed by atoms with Crippen LogP contribution in [0.2, 0.25) is 0 Å². The van der Waals surface area contributed by atoms with Gasteiger partial charge < -0.3 is 4.74 Å². The molecule has 0 N–H and O–H groups in total. The van der Waals surface area contributed by atoms with Crippen LogP contribution >= 0.6 is 0 Å². The summed E-state index contributed by atoms with van der Waals surface area (Å²) in [6, 6.07) is 0. The van der Waals surface area contributed by atoms with Crippen LogP contribution in [-0.4, -0.2) is 12.6 Å². The van der Waals surface area contributed by atoms with Gasteiger partial charge in [0.2, 0.25) is 0 Å². The van der Waals surface area contributed by atoms with Crippen LogP contribution in [0.1, 0.15) is 33.1 Å². The Kier molecular flexibility index (Phi) is 4.41. The van der Waals surface area contributed by atoms with Gasteiger partial charge in [-0.2, -0.15) is 0 Å². The molecule has 2 nitrogen and oxygen atoms in total. The van der Waals surface area contributed by atoms with Gasteiger partial charge in [-0.1, -0.05) is 43.4 Å². The third kappa shape index (κ3) is 3.69. The average molecular weight is 258 g/mol. The molecule has 0 bridgehead atoms. The number of fused-ring (bicyclic) bond motifs is 1. The van der Waals surface area contributed by atoms with Crippen molar-refractivity contribution in [1.29, 1.82) is 0 Å². The van der Waals surface area contributed by atoms with Gasteiger partial charge in [0.05, 0.1) is 6.61 Å². The first kappa shape index (κ1) is 13.9. The van der Waals surface area contributed by atoms with E-state index >= 15 is 0 Å². The molecule has 0 radical (unpaired) electrons. The largest absolute Gasteiger partial charge is 0.462 e. The van der Waals surface area contributed by atoms with E-state index in [0.717, 1.165) is 25.2 Å². The number of rotatable bonds is 6. The molecule has 2 atom stereocenters. The molecule has 2 heteroatoms. The summed E-state index contributed by atoms with van der Waals surface area (Å²) >= 11 is 0. The van der Waals surface area contributed by atoms with Gasteiger partial charge in [-0.05, 0) is 37.7 Å². The normalized spacial score (nSPS) is 23.9. The monoisotopic (exact) mass is 258 g/mol. The predicted molar refractivity (Wildman–Crippen MR) is 77.6 cm³/mol. The molecule has 2 rings (SSSR count). The number of carbonyl (C=O) groups is 1. The van der Waals surface area contributed by atoms with Gasteiger partial charge in [0.1, 0.15) is 0 Å². The molecule has 0 saturated heterocycles. The molecular formula is C17H22O2. The van der Waals surface area contributed by atoms with E-state index in [9.17, 15) is 4.79 Å². The molecule has 19 heavy (non-hydrogen) atoms. The first-order valence-corrected chi connectivity index (χ1v) is 7.01. The van der Waals surface area contributed by atoms with Crippen LogP contribution in [0.3, 0.4) is 0 Å². The Balaban J connectivity index is 1.64. The number of esters is 1. The van der Waals surface area contributed by atoms with E-state index < -0.39 is 0 Å². The molecule has 1 saturated carbocycles. The number of allylic oxidation sites excluding steroid dienone is 6. The molecule has 0 spiro atoms. The third-order valence-corrected chi connectivity index (χ3v) is 3.79. The van der Waals surface area contributed by atoms with Gasteiger partial charge in [-0.3, -0.25) is 0 Å². The van der Waals surface area contributed by atoms with Crippen LogP contribution in [0, 0.1) is 11.8 Å². The summed E-state index contributed by atoms with van der Waals surface area (Å²) in [5.74, 6) is 1.15. The lowest BCUT2D eigenvalue weighted by molar-refractivity contribution is -0.139. The molecule has 0 amide bonds. The van der Waals surface area contributed by atoms with Crippen LogP contribution in [0.4, 0.5) is 0 Å². The third-order valence-electron chi connectivity index (χ3n) is 3.79. The molecule has 2 aliphatic rings. The number of carbonyl (C=O) groups excluding carboxylic acids is 1. The summed E-state index contributed by atoms with van der Waals surface area (Å²) in [5, 5.41) is 0. The van der Waals surface area contributed by atoms with E-state index in [1.807, 2.05) is 0 Å². The van der Waals surface area contributed by atoms with Crippen LogP contribution in [0.5, 0.6) is 0 Å². The standard InChI is InChI=1S/C17H22O2/c1-12(2)17(18)19-11-5-4-6-14-7-9-15-13(3)16(15)10-8-14/h7-10,13,15H,1,4-6,11H2,2-3H3. The SMILES string of the molecule is C=C(C)C(=O)OCCCCC1=CC=C2C(C)C2C=C1. The maximum Gasteiger partial charge on any atom is 0.333 e. The topological polar surface area (TPSA) is 26.3 Å². The van der Waals surface area contributed by atoms with E-state index in [4.69, 9.17) is 4.74 Å². The fraction of sp³-hybridized carbons (Fsp3) is 0.471. The van der Waals surface area contributed by atoms with E-state index in [0.29, 0.717) is 18.1 Å². The highest BCUT2D eigenvalue weighted by molar-refractivity contribution is 5.86. The first-order chi connectivity index (χ1) is 9.09. The van der Waals surface area contributed by atoms with Crippen molar-refractivity contribution in [3.63, 3.8) is 0 Å². The van der Waals surface area contributed by atoms with Crippen LogP contribution in [0.15, 0.2) is 47.6 Å². The summed E-state index contributed by atoms with van der Waals surface area (Å²) in [7, 11) is 0. The zero-order chi connectivity index (χ0) is 13.8. The fourth-order valence-corrected chi connectivity index (χ4v) is 2.36. The summed E-state index contributed by atoms with van der Waals surface area (Å²) in [6.45, 7) is 7.99. The fourth-order valence-electron chi connectivity index (χ4n) is 2.36. The zero-order valence-electron chi connectivity index (χ0n) is 11.8. The molecule has 0 aromatic heterocycles. The Morgan fingerprint density at radius 3 is 2.89 bits per heavy atom. The highest BCUT2D eigenvalue weighted by Crippen LogP contribution is 2.47. The Labute approximate surface area is 115 Å². The van der Waals surface area contributed by atoms with Gasteiger partial charge in [0.15, 0.2) is 0 Å². The van der Waals surface area contributed by atoms with Gasteiger partial charge >= 0.3 is 5.97 Å². The van der Waals surface area contributed by atoms with Crippen molar-refractivity contribution >= 4 is 5.97 Å².